The second kappa shape index (κ2) is 7.84. The average molecular weight is 386 g/mol. The molecule has 0 fully saturated rings. The Morgan fingerprint density at radius 1 is 1.24 bits per heavy atom. The van der Waals surface area contributed by atoms with Crippen molar-refractivity contribution >= 4 is 27.3 Å². The van der Waals surface area contributed by atoms with E-state index in [4.69, 9.17) is 16.3 Å². The van der Waals surface area contributed by atoms with E-state index in [2.05, 4.69) is 0 Å². The highest BCUT2D eigenvalue weighted by molar-refractivity contribution is 7.90. The Labute approximate surface area is 150 Å². The van der Waals surface area contributed by atoms with Crippen LogP contribution in [0.2, 0.25) is 5.02 Å². The molecule has 0 aromatic heterocycles. The first-order valence-corrected chi connectivity index (χ1v) is 9.59. The predicted molar refractivity (Wildman–Crippen MR) is 93.4 cm³/mol. The maximum Gasteiger partial charge on any atom is 0.253 e. The van der Waals surface area contributed by atoms with Crippen LogP contribution >= 0.6 is 11.6 Å². The fourth-order valence-corrected chi connectivity index (χ4v) is 3.40. The first-order valence-electron chi connectivity index (χ1n) is 7.32. The van der Waals surface area contributed by atoms with Gasteiger partial charge in [0.15, 0.2) is 21.4 Å². The monoisotopic (exact) mass is 385 g/mol. The van der Waals surface area contributed by atoms with E-state index in [1.807, 2.05) is 0 Å². The number of ether oxygens (including phenoxy) is 1. The van der Waals surface area contributed by atoms with E-state index < -0.39 is 21.6 Å². The molecule has 0 N–H and O–H groups in total. The summed E-state index contributed by atoms with van der Waals surface area (Å²) in [6, 6.07) is 10.0. The summed E-state index contributed by atoms with van der Waals surface area (Å²) >= 11 is 5.87. The van der Waals surface area contributed by atoms with Gasteiger partial charge in [-0.25, -0.2) is 12.8 Å². The highest BCUT2D eigenvalue weighted by Crippen LogP contribution is 2.23. The SMILES string of the molecule is CN(CCOc1ccccc1F)C(=O)c1ccc(Cl)c(S(C)(=O)=O)c1. The van der Waals surface area contributed by atoms with Gasteiger partial charge in [0, 0.05) is 18.9 Å². The Balaban J connectivity index is 2.04. The van der Waals surface area contributed by atoms with Crippen LogP contribution in [0.25, 0.3) is 0 Å². The standard InChI is InChI=1S/C17H17ClFNO4S/c1-20(9-10-24-15-6-4-3-5-14(15)19)17(21)12-7-8-13(18)16(11-12)25(2,22)23/h3-8,11H,9-10H2,1-2H3. The summed E-state index contributed by atoms with van der Waals surface area (Å²) in [6.45, 7) is 0.291. The number of rotatable bonds is 6. The lowest BCUT2D eigenvalue weighted by atomic mass is 10.2. The van der Waals surface area contributed by atoms with E-state index in [1.54, 1.807) is 19.2 Å². The molecule has 0 atom stereocenters. The Morgan fingerprint density at radius 2 is 1.92 bits per heavy atom. The lowest BCUT2D eigenvalue weighted by Crippen LogP contribution is -2.31. The Hall–Kier alpha value is -2.12. The second-order valence-corrected chi connectivity index (χ2v) is 7.81. The van der Waals surface area contributed by atoms with E-state index >= 15 is 0 Å². The van der Waals surface area contributed by atoms with Gasteiger partial charge in [-0.05, 0) is 30.3 Å². The average Bonchev–Trinajstić information content (AvgIpc) is 2.55. The minimum absolute atomic E-state index is 0.0598. The first-order chi connectivity index (χ1) is 11.7. The number of benzene rings is 2. The molecular weight excluding hydrogens is 369 g/mol. The highest BCUT2D eigenvalue weighted by Gasteiger charge is 2.18. The minimum atomic E-state index is -3.54. The normalized spacial score (nSPS) is 11.2. The predicted octanol–water partition coefficient (Wildman–Crippen LogP) is 3.03. The maximum atomic E-state index is 13.5. The van der Waals surface area contributed by atoms with Crippen molar-refractivity contribution in [3.05, 3.63) is 58.9 Å². The first kappa shape index (κ1) is 19.2. The molecule has 2 rings (SSSR count). The van der Waals surface area contributed by atoms with Crippen molar-refractivity contribution in [3.8, 4) is 5.75 Å². The number of carbonyl (C=O) groups is 1. The fourth-order valence-electron chi connectivity index (χ4n) is 2.10. The third-order valence-corrected chi connectivity index (χ3v) is 5.02. The number of para-hydroxylation sites is 1. The van der Waals surface area contributed by atoms with Crippen molar-refractivity contribution in [2.45, 2.75) is 4.90 Å². The Kier molecular flexibility index (Phi) is 6.02. The molecule has 0 bridgehead atoms. The van der Waals surface area contributed by atoms with E-state index in [9.17, 15) is 17.6 Å². The lowest BCUT2D eigenvalue weighted by molar-refractivity contribution is 0.0772. The largest absolute Gasteiger partial charge is 0.489 e. The van der Waals surface area contributed by atoms with E-state index in [0.29, 0.717) is 0 Å². The minimum Gasteiger partial charge on any atom is -0.489 e. The summed E-state index contributed by atoms with van der Waals surface area (Å²) in [4.78, 5) is 13.7. The number of nitrogens with zero attached hydrogens (tertiary/aromatic N) is 1. The van der Waals surface area contributed by atoms with E-state index in [-0.39, 0.29) is 34.4 Å². The Bertz CT molecular complexity index is 886. The molecule has 0 saturated carbocycles. The van der Waals surface area contributed by atoms with Gasteiger partial charge in [0.1, 0.15) is 6.61 Å². The molecule has 2 aromatic rings. The zero-order chi connectivity index (χ0) is 18.6. The van der Waals surface area contributed by atoms with Crippen LogP contribution in [0.5, 0.6) is 5.75 Å². The Morgan fingerprint density at radius 3 is 2.56 bits per heavy atom. The van der Waals surface area contributed by atoms with Gasteiger partial charge < -0.3 is 9.64 Å². The molecule has 0 aliphatic carbocycles. The number of hydrogen-bond acceptors (Lipinski definition) is 4. The summed E-state index contributed by atoms with van der Waals surface area (Å²) in [6.07, 6.45) is 1.02. The summed E-state index contributed by atoms with van der Waals surface area (Å²) in [7, 11) is -2.00. The van der Waals surface area contributed by atoms with E-state index in [0.717, 1.165) is 6.26 Å². The van der Waals surface area contributed by atoms with Crippen molar-refractivity contribution in [1.29, 1.82) is 0 Å². The molecule has 5 nitrogen and oxygen atoms in total. The van der Waals surface area contributed by atoms with Crippen LogP contribution in [0, 0.1) is 5.82 Å². The fraction of sp³-hybridized carbons (Fsp3) is 0.235. The van der Waals surface area contributed by atoms with E-state index in [1.165, 1.54) is 35.2 Å². The zero-order valence-electron chi connectivity index (χ0n) is 13.7. The van der Waals surface area contributed by atoms with Crippen molar-refractivity contribution in [2.75, 3.05) is 26.5 Å². The topological polar surface area (TPSA) is 63.7 Å². The van der Waals surface area contributed by atoms with Crippen LogP contribution in [-0.2, 0) is 9.84 Å². The third-order valence-electron chi connectivity index (χ3n) is 3.45. The molecule has 0 unspecified atom stereocenters. The van der Waals surface area contributed by atoms with Crippen molar-refractivity contribution in [3.63, 3.8) is 0 Å². The van der Waals surface area contributed by atoms with Gasteiger partial charge in [0.05, 0.1) is 16.5 Å². The molecule has 1 amide bonds. The van der Waals surface area contributed by atoms with Crippen LogP contribution in [0.15, 0.2) is 47.4 Å². The molecule has 0 saturated heterocycles. The van der Waals surface area contributed by atoms with Crippen LogP contribution in [0.4, 0.5) is 4.39 Å². The molecule has 25 heavy (non-hydrogen) atoms. The van der Waals surface area contributed by atoms with Crippen LogP contribution in [-0.4, -0.2) is 45.7 Å². The van der Waals surface area contributed by atoms with Gasteiger partial charge >= 0.3 is 0 Å². The van der Waals surface area contributed by atoms with Gasteiger partial charge in [-0.1, -0.05) is 23.7 Å². The van der Waals surface area contributed by atoms with Crippen LogP contribution in [0.3, 0.4) is 0 Å². The maximum absolute atomic E-state index is 13.5. The zero-order valence-corrected chi connectivity index (χ0v) is 15.3. The van der Waals surface area contributed by atoms with Crippen molar-refractivity contribution in [2.24, 2.45) is 0 Å². The van der Waals surface area contributed by atoms with Crippen molar-refractivity contribution in [1.82, 2.24) is 4.90 Å². The molecule has 2 aromatic carbocycles. The molecule has 134 valence electrons. The molecule has 0 aliphatic rings. The smallest absolute Gasteiger partial charge is 0.253 e. The number of sulfone groups is 1. The van der Waals surface area contributed by atoms with Gasteiger partial charge in [-0.2, -0.15) is 0 Å². The van der Waals surface area contributed by atoms with Crippen LogP contribution in [0.1, 0.15) is 10.4 Å². The summed E-state index contributed by atoms with van der Waals surface area (Å²) in [5.74, 6) is -0.764. The van der Waals surface area contributed by atoms with Crippen molar-refractivity contribution < 1.29 is 22.3 Å². The molecule has 8 heteroatoms. The number of likely N-dealkylation sites (N-methyl/N-ethyl adjacent to an activating group) is 1. The van der Waals surface area contributed by atoms with Gasteiger partial charge in [-0.15, -0.1) is 0 Å². The van der Waals surface area contributed by atoms with Gasteiger partial charge in [0.25, 0.3) is 5.91 Å². The molecule has 0 aliphatic heterocycles. The molecular formula is C17H17ClFNO4S. The molecule has 0 heterocycles. The highest BCUT2D eigenvalue weighted by atomic mass is 35.5. The van der Waals surface area contributed by atoms with Gasteiger partial charge in [-0.3, -0.25) is 4.79 Å². The number of hydrogen-bond donors (Lipinski definition) is 0. The molecule has 0 radical (unpaired) electrons. The second-order valence-electron chi connectivity index (χ2n) is 5.42. The summed E-state index contributed by atoms with van der Waals surface area (Å²) < 4.78 is 42.2. The van der Waals surface area contributed by atoms with Crippen LogP contribution < -0.4 is 4.74 Å². The quantitative estimate of drug-likeness (QED) is 0.766. The lowest BCUT2D eigenvalue weighted by Gasteiger charge is -2.18. The molecule has 0 spiro atoms. The number of carbonyl (C=O) groups excluding carboxylic acids is 1. The van der Waals surface area contributed by atoms with Gasteiger partial charge in [0.2, 0.25) is 0 Å². The summed E-state index contributed by atoms with van der Waals surface area (Å²) in [5, 5.41) is 0.0598. The summed E-state index contributed by atoms with van der Waals surface area (Å²) in [5.41, 5.74) is 0.193. The number of amides is 1. The third kappa shape index (κ3) is 4.93. The number of halogens is 2.